The van der Waals surface area contributed by atoms with Gasteiger partial charge in [0, 0.05) is 10.9 Å². The quantitative estimate of drug-likeness (QED) is 0.441. The summed E-state index contributed by atoms with van der Waals surface area (Å²) in [5.74, 6) is -0.249. The van der Waals surface area contributed by atoms with E-state index in [4.69, 9.17) is 19.0 Å². The van der Waals surface area contributed by atoms with Crippen molar-refractivity contribution in [3.63, 3.8) is 0 Å². The third-order valence-electron chi connectivity index (χ3n) is 4.49. The van der Waals surface area contributed by atoms with Crippen LogP contribution in [-0.2, 0) is 11.2 Å². The third-order valence-corrected chi connectivity index (χ3v) is 4.49. The van der Waals surface area contributed by atoms with Crippen LogP contribution in [0.4, 0.5) is 0 Å². The lowest BCUT2D eigenvalue weighted by molar-refractivity contribution is -0.139. The summed E-state index contributed by atoms with van der Waals surface area (Å²) in [5, 5.41) is 9.70. The highest BCUT2D eigenvalue weighted by molar-refractivity contribution is 6.08. The molecule has 1 N–H and O–H groups in total. The fraction of sp³-hybridized carbons (Fsp3) is 0.217. The predicted octanol–water partition coefficient (Wildman–Crippen LogP) is 4.67. The van der Waals surface area contributed by atoms with Crippen LogP contribution >= 0.6 is 0 Å². The van der Waals surface area contributed by atoms with Gasteiger partial charge in [0.15, 0.2) is 23.9 Å². The van der Waals surface area contributed by atoms with Gasteiger partial charge in [-0.3, -0.25) is 4.79 Å². The Hall–Kier alpha value is -3.54. The standard InChI is InChI=1S/C23H22O6/c1-4-16-17-11-14(2)5-9-19(17)29-23(16)18(24)8-6-15-7-10-20(21(12-15)27-3)28-13-22(25)26/h5-12H,4,13H2,1-3H3,(H,25,26)/b8-6+. The lowest BCUT2D eigenvalue weighted by Crippen LogP contribution is -2.10. The number of benzene rings is 2. The van der Waals surface area contributed by atoms with Crippen molar-refractivity contribution in [1.82, 2.24) is 0 Å². The molecule has 6 heteroatoms. The molecule has 0 saturated carbocycles. The summed E-state index contributed by atoms with van der Waals surface area (Å²) >= 11 is 0. The van der Waals surface area contributed by atoms with Crippen molar-refractivity contribution in [2.24, 2.45) is 0 Å². The van der Waals surface area contributed by atoms with Gasteiger partial charge in [0.1, 0.15) is 5.58 Å². The predicted molar refractivity (Wildman–Crippen MR) is 110 cm³/mol. The van der Waals surface area contributed by atoms with Crippen LogP contribution in [0.3, 0.4) is 0 Å². The summed E-state index contributed by atoms with van der Waals surface area (Å²) in [5.41, 5.74) is 3.42. The molecule has 0 radical (unpaired) electrons. The zero-order valence-corrected chi connectivity index (χ0v) is 16.5. The zero-order chi connectivity index (χ0) is 21.0. The molecule has 0 aliphatic rings. The van der Waals surface area contributed by atoms with Crippen molar-refractivity contribution < 1.29 is 28.6 Å². The summed E-state index contributed by atoms with van der Waals surface area (Å²) < 4.78 is 16.2. The van der Waals surface area contributed by atoms with Crippen molar-refractivity contribution in [2.75, 3.05) is 13.7 Å². The molecule has 0 atom stereocenters. The maximum Gasteiger partial charge on any atom is 0.341 e. The van der Waals surface area contributed by atoms with Gasteiger partial charge >= 0.3 is 5.97 Å². The normalized spacial score (nSPS) is 11.1. The SMILES string of the molecule is CCc1c(C(=O)/C=C/c2ccc(OCC(=O)O)c(OC)c2)oc2ccc(C)cc12. The lowest BCUT2D eigenvalue weighted by atomic mass is 10.0. The van der Waals surface area contributed by atoms with Crippen molar-refractivity contribution in [2.45, 2.75) is 20.3 Å². The van der Waals surface area contributed by atoms with Gasteiger partial charge in [-0.15, -0.1) is 0 Å². The molecular formula is C23H22O6. The maximum absolute atomic E-state index is 12.7. The van der Waals surface area contributed by atoms with Gasteiger partial charge in [0.2, 0.25) is 5.78 Å². The minimum atomic E-state index is -1.07. The Kier molecular flexibility index (Phi) is 6.02. The van der Waals surface area contributed by atoms with Gasteiger partial charge in [-0.25, -0.2) is 4.79 Å². The number of furan rings is 1. The Morgan fingerprint density at radius 2 is 1.93 bits per heavy atom. The van der Waals surface area contributed by atoms with Gasteiger partial charge in [-0.2, -0.15) is 0 Å². The number of aliphatic carboxylic acids is 1. The highest BCUT2D eigenvalue weighted by atomic mass is 16.5. The minimum absolute atomic E-state index is 0.221. The van der Waals surface area contributed by atoms with Crippen LogP contribution in [0.25, 0.3) is 17.0 Å². The number of hydrogen-bond donors (Lipinski definition) is 1. The molecule has 0 fully saturated rings. The Balaban J connectivity index is 1.85. The average Bonchev–Trinajstić information content (AvgIpc) is 3.08. The second kappa shape index (κ2) is 8.65. The van der Waals surface area contributed by atoms with Gasteiger partial charge in [-0.1, -0.05) is 30.7 Å². The number of carboxylic acids is 1. The van der Waals surface area contributed by atoms with Gasteiger partial charge in [0.05, 0.1) is 7.11 Å². The Morgan fingerprint density at radius 3 is 2.62 bits per heavy atom. The molecule has 0 spiro atoms. The molecule has 3 rings (SSSR count). The third kappa shape index (κ3) is 4.48. The Bertz CT molecular complexity index is 1090. The monoisotopic (exact) mass is 394 g/mol. The second-order valence-corrected chi connectivity index (χ2v) is 6.55. The van der Waals surface area contributed by atoms with E-state index in [0.29, 0.717) is 34.8 Å². The van der Waals surface area contributed by atoms with E-state index < -0.39 is 12.6 Å². The summed E-state index contributed by atoms with van der Waals surface area (Å²) in [7, 11) is 1.46. The molecule has 1 aromatic heterocycles. The molecule has 2 aromatic carbocycles. The number of fused-ring (bicyclic) bond motifs is 1. The lowest BCUT2D eigenvalue weighted by Gasteiger charge is -2.09. The number of allylic oxidation sites excluding steroid dienone is 1. The van der Waals surface area contributed by atoms with E-state index in [-0.39, 0.29) is 5.78 Å². The largest absolute Gasteiger partial charge is 0.493 e. The molecule has 29 heavy (non-hydrogen) atoms. The first-order valence-electron chi connectivity index (χ1n) is 9.20. The van der Waals surface area contributed by atoms with Crippen LogP contribution in [0, 0.1) is 6.92 Å². The highest BCUT2D eigenvalue weighted by Crippen LogP contribution is 2.30. The molecule has 150 valence electrons. The van der Waals surface area contributed by atoms with Crippen molar-refractivity contribution in [3.05, 3.63) is 64.9 Å². The van der Waals surface area contributed by atoms with Gasteiger partial charge in [0.25, 0.3) is 0 Å². The van der Waals surface area contributed by atoms with E-state index in [1.54, 1.807) is 24.3 Å². The van der Waals surface area contributed by atoms with E-state index in [1.807, 2.05) is 32.0 Å². The molecule has 0 unspecified atom stereocenters. The fourth-order valence-electron chi connectivity index (χ4n) is 3.11. The van der Waals surface area contributed by atoms with Crippen LogP contribution < -0.4 is 9.47 Å². The molecule has 0 saturated heterocycles. The van der Waals surface area contributed by atoms with E-state index in [2.05, 4.69) is 0 Å². The summed E-state index contributed by atoms with van der Waals surface area (Å²) in [6, 6.07) is 10.9. The first kappa shape index (κ1) is 20.2. The molecule has 0 aliphatic heterocycles. The fourth-order valence-corrected chi connectivity index (χ4v) is 3.11. The first-order valence-corrected chi connectivity index (χ1v) is 9.20. The van der Waals surface area contributed by atoms with Gasteiger partial charge < -0.3 is 19.0 Å². The molecule has 0 aliphatic carbocycles. The average molecular weight is 394 g/mol. The number of methoxy groups -OCH3 is 1. The smallest absolute Gasteiger partial charge is 0.341 e. The Morgan fingerprint density at radius 1 is 1.14 bits per heavy atom. The van der Waals surface area contributed by atoms with E-state index in [1.165, 1.54) is 13.2 Å². The molecule has 0 amide bonds. The number of carbonyl (C=O) groups excluding carboxylic acids is 1. The first-order chi connectivity index (χ1) is 13.9. The summed E-state index contributed by atoms with van der Waals surface area (Å²) in [6.07, 6.45) is 3.80. The summed E-state index contributed by atoms with van der Waals surface area (Å²) in [4.78, 5) is 23.4. The van der Waals surface area contributed by atoms with Gasteiger partial charge in [-0.05, 0) is 49.2 Å². The molecule has 6 nitrogen and oxygen atoms in total. The number of carbonyl (C=O) groups is 2. The van der Waals surface area contributed by atoms with Crippen LogP contribution in [0.15, 0.2) is 46.9 Å². The zero-order valence-electron chi connectivity index (χ0n) is 16.5. The number of ketones is 1. The van der Waals surface area contributed by atoms with Crippen molar-refractivity contribution in [1.29, 1.82) is 0 Å². The van der Waals surface area contributed by atoms with Crippen LogP contribution in [0.1, 0.15) is 34.2 Å². The minimum Gasteiger partial charge on any atom is -0.493 e. The summed E-state index contributed by atoms with van der Waals surface area (Å²) in [6.45, 7) is 3.54. The van der Waals surface area contributed by atoms with Crippen LogP contribution in [-0.4, -0.2) is 30.6 Å². The van der Waals surface area contributed by atoms with Crippen LogP contribution in [0.2, 0.25) is 0 Å². The second-order valence-electron chi connectivity index (χ2n) is 6.55. The van der Waals surface area contributed by atoms with E-state index in [0.717, 1.165) is 16.5 Å². The highest BCUT2D eigenvalue weighted by Gasteiger charge is 2.17. The van der Waals surface area contributed by atoms with E-state index >= 15 is 0 Å². The van der Waals surface area contributed by atoms with Crippen LogP contribution in [0.5, 0.6) is 11.5 Å². The number of carboxylic acid groups (broad SMARTS) is 1. The Labute approximate surface area is 168 Å². The topological polar surface area (TPSA) is 86.0 Å². The number of rotatable bonds is 8. The maximum atomic E-state index is 12.7. The van der Waals surface area contributed by atoms with Crippen molar-refractivity contribution in [3.8, 4) is 11.5 Å². The molecule has 3 aromatic rings. The molecule has 0 bridgehead atoms. The van der Waals surface area contributed by atoms with E-state index in [9.17, 15) is 9.59 Å². The van der Waals surface area contributed by atoms with Crippen molar-refractivity contribution >= 4 is 28.8 Å². The molecule has 1 heterocycles. The number of aryl methyl sites for hydroxylation is 2. The number of hydrogen-bond acceptors (Lipinski definition) is 5. The number of ether oxygens (including phenoxy) is 2. The molecular weight excluding hydrogens is 372 g/mol.